The molecule has 9 heteroatoms. The number of rotatable bonds is 4. The van der Waals surface area contributed by atoms with Crippen molar-refractivity contribution in [1.82, 2.24) is 15.6 Å². The minimum absolute atomic E-state index is 0.00658. The van der Waals surface area contributed by atoms with E-state index in [0.29, 0.717) is 18.0 Å². The van der Waals surface area contributed by atoms with Crippen LogP contribution in [0, 0.1) is 0 Å². The minimum atomic E-state index is -3.78. The molecule has 2 amide bonds. The van der Waals surface area contributed by atoms with Gasteiger partial charge in [-0.2, -0.15) is 0 Å². The molecule has 2 aromatic rings. The molecule has 1 aromatic carbocycles. The van der Waals surface area contributed by atoms with Crippen molar-refractivity contribution in [2.45, 2.75) is 42.5 Å². The third-order valence-electron chi connectivity index (χ3n) is 5.02. The van der Waals surface area contributed by atoms with Crippen LogP contribution in [-0.4, -0.2) is 36.5 Å². The van der Waals surface area contributed by atoms with Gasteiger partial charge in [-0.15, -0.1) is 11.3 Å². The van der Waals surface area contributed by atoms with Crippen LogP contribution in [0.5, 0.6) is 0 Å². The molecule has 1 aliphatic heterocycles. The second kappa shape index (κ2) is 7.81. The van der Waals surface area contributed by atoms with Crippen molar-refractivity contribution < 1.29 is 18.0 Å². The zero-order valence-corrected chi connectivity index (χ0v) is 18.1. The number of sulfone groups is 1. The normalized spacial score (nSPS) is 21.8. The summed E-state index contributed by atoms with van der Waals surface area (Å²) in [6.07, 6.45) is 6.23. The SMILES string of the molecule is CC(C)c1ncc(CNC(=O)C2=CC3NC(=O)c4ccccc4S(=O)(=O)C3C=C2)s1. The molecule has 30 heavy (non-hydrogen) atoms. The summed E-state index contributed by atoms with van der Waals surface area (Å²) in [5, 5.41) is 5.61. The number of carbonyl (C=O) groups excluding carboxylic acids is 2. The lowest BCUT2D eigenvalue weighted by atomic mass is 10.0. The first-order chi connectivity index (χ1) is 14.3. The summed E-state index contributed by atoms with van der Waals surface area (Å²) in [5.41, 5.74) is 0.428. The Morgan fingerprint density at radius 2 is 2.07 bits per heavy atom. The summed E-state index contributed by atoms with van der Waals surface area (Å²) in [5.74, 6) is -0.484. The number of amides is 2. The molecule has 2 aliphatic rings. The van der Waals surface area contributed by atoms with Crippen molar-refractivity contribution in [3.63, 3.8) is 0 Å². The van der Waals surface area contributed by atoms with Crippen LogP contribution >= 0.6 is 11.3 Å². The molecular formula is C21H21N3O4S2. The predicted octanol–water partition coefficient (Wildman–Crippen LogP) is 2.33. The first kappa shape index (κ1) is 20.5. The van der Waals surface area contributed by atoms with Gasteiger partial charge in [-0.1, -0.05) is 38.1 Å². The lowest BCUT2D eigenvalue weighted by Gasteiger charge is -2.24. The number of nitrogens with zero attached hydrogens (tertiary/aromatic N) is 1. The summed E-state index contributed by atoms with van der Waals surface area (Å²) in [4.78, 5) is 30.5. The Kier molecular flexibility index (Phi) is 5.33. The lowest BCUT2D eigenvalue weighted by Crippen LogP contribution is -2.44. The molecule has 156 valence electrons. The summed E-state index contributed by atoms with van der Waals surface area (Å²) >= 11 is 1.54. The summed E-state index contributed by atoms with van der Waals surface area (Å²) in [7, 11) is -3.78. The first-order valence-electron chi connectivity index (χ1n) is 9.54. The standard InChI is InChI=1S/C21H21N3O4S2/c1-12(2)21-23-11-14(29-21)10-22-19(25)13-7-8-18-16(9-13)24-20(26)15-5-3-4-6-17(15)30(18,27)28/h3-9,11-12,16,18H,10H2,1-2H3,(H,22,25)(H,24,26). The molecule has 0 saturated heterocycles. The fourth-order valence-electron chi connectivity index (χ4n) is 3.45. The van der Waals surface area contributed by atoms with Crippen molar-refractivity contribution in [3.8, 4) is 0 Å². The van der Waals surface area contributed by atoms with Gasteiger partial charge in [0.15, 0.2) is 9.84 Å². The van der Waals surface area contributed by atoms with Gasteiger partial charge in [-0.05, 0) is 18.2 Å². The quantitative estimate of drug-likeness (QED) is 0.755. The van der Waals surface area contributed by atoms with E-state index in [-0.39, 0.29) is 16.4 Å². The Morgan fingerprint density at radius 3 is 2.80 bits per heavy atom. The fraction of sp³-hybridized carbons (Fsp3) is 0.286. The van der Waals surface area contributed by atoms with Crippen molar-refractivity contribution in [1.29, 1.82) is 0 Å². The number of fused-ring (bicyclic) bond motifs is 2. The Hall–Kier alpha value is -2.78. The first-order valence-corrected chi connectivity index (χ1v) is 11.9. The zero-order valence-electron chi connectivity index (χ0n) is 16.5. The van der Waals surface area contributed by atoms with Gasteiger partial charge in [0.25, 0.3) is 11.8 Å². The number of carbonyl (C=O) groups is 2. The average Bonchev–Trinajstić information content (AvgIpc) is 3.18. The van der Waals surface area contributed by atoms with Crippen LogP contribution in [-0.2, 0) is 21.2 Å². The van der Waals surface area contributed by atoms with Gasteiger partial charge >= 0.3 is 0 Å². The number of benzene rings is 1. The van der Waals surface area contributed by atoms with Crippen LogP contribution in [0.1, 0.15) is 40.0 Å². The fourth-order valence-corrected chi connectivity index (χ4v) is 6.16. The zero-order chi connectivity index (χ0) is 21.5. The highest BCUT2D eigenvalue weighted by atomic mass is 32.2. The van der Waals surface area contributed by atoms with E-state index in [1.165, 1.54) is 30.4 Å². The average molecular weight is 444 g/mol. The Labute approximate surface area is 178 Å². The maximum absolute atomic E-state index is 13.1. The van der Waals surface area contributed by atoms with Crippen molar-refractivity contribution >= 4 is 33.0 Å². The summed E-state index contributed by atoms with van der Waals surface area (Å²) in [6.45, 7) is 4.45. The number of nitrogens with one attached hydrogen (secondary N) is 2. The van der Waals surface area contributed by atoms with Crippen molar-refractivity contribution in [2.24, 2.45) is 0 Å². The number of aromatic nitrogens is 1. The Morgan fingerprint density at radius 1 is 1.30 bits per heavy atom. The second-order valence-electron chi connectivity index (χ2n) is 7.49. The Balaban J connectivity index is 1.53. The van der Waals surface area contributed by atoms with E-state index in [9.17, 15) is 18.0 Å². The predicted molar refractivity (Wildman–Crippen MR) is 114 cm³/mol. The molecule has 2 atom stereocenters. The largest absolute Gasteiger partial charge is 0.347 e. The molecule has 1 aromatic heterocycles. The Bertz CT molecular complexity index is 1180. The topological polar surface area (TPSA) is 105 Å². The van der Waals surface area contributed by atoms with Crippen LogP contribution in [0.2, 0.25) is 0 Å². The van der Waals surface area contributed by atoms with Crippen LogP contribution < -0.4 is 10.6 Å². The molecule has 7 nitrogen and oxygen atoms in total. The van der Waals surface area contributed by atoms with E-state index in [2.05, 4.69) is 29.5 Å². The number of hydrogen-bond acceptors (Lipinski definition) is 6. The third kappa shape index (κ3) is 3.70. The molecule has 1 aliphatic carbocycles. The minimum Gasteiger partial charge on any atom is -0.347 e. The molecule has 0 bridgehead atoms. The van der Waals surface area contributed by atoms with Crippen molar-refractivity contribution in [2.75, 3.05) is 0 Å². The van der Waals surface area contributed by atoms with E-state index in [1.807, 2.05) is 0 Å². The smallest absolute Gasteiger partial charge is 0.253 e. The third-order valence-corrected chi connectivity index (χ3v) is 8.46. The van der Waals surface area contributed by atoms with Gasteiger partial charge in [0, 0.05) is 22.6 Å². The molecule has 0 radical (unpaired) electrons. The van der Waals surface area contributed by atoms with Gasteiger partial charge in [0.1, 0.15) is 5.25 Å². The molecule has 0 saturated carbocycles. The van der Waals surface area contributed by atoms with Crippen LogP contribution in [0.15, 0.2) is 59.2 Å². The van der Waals surface area contributed by atoms with Crippen LogP contribution in [0.3, 0.4) is 0 Å². The monoisotopic (exact) mass is 443 g/mol. The van der Waals surface area contributed by atoms with Crippen LogP contribution in [0.4, 0.5) is 0 Å². The molecule has 2 heterocycles. The highest BCUT2D eigenvalue weighted by molar-refractivity contribution is 7.92. The highest BCUT2D eigenvalue weighted by Crippen LogP contribution is 2.30. The summed E-state index contributed by atoms with van der Waals surface area (Å²) in [6, 6.07) is 5.32. The van der Waals surface area contributed by atoms with Gasteiger partial charge < -0.3 is 10.6 Å². The second-order valence-corrected chi connectivity index (χ2v) is 10.7. The van der Waals surface area contributed by atoms with E-state index in [0.717, 1.165) is 9.88 Å². The molecule has 4 rings (SSSR count). The molecule has 2 unspecified atom stereocenters. The lowest BCUT2D eigenvalue weighted by molar-refractivity contribution is -0.117. The maximum atomic E-state index is 13.1. The van der Waals surface area contributed by atoms with E-state index in [1.54, 1.807) is 29.7 Å². The van der Waals surface area contributed by atoms with Gasteiger partial charge in [-0.25, -0.2) is 13.4 Å². The number of thiazole rings is 1. The van der Waals surface area contributed by atoms with Gasteiger partial charge in [0.05, 0.1) is 28.1 Å². The van der Waals surface area contributed by atoms with E-state index < -0.39 is 27.0 Å². The van der Waals surface area contributed by atoms with Crippen molar-refractivity contribution in [3.05, 3.63) is 69.7 Å². The van der Waals surface area contributed by atoms with Crippen LogP contribution in [0.25, 0.3) is 0 Å². The maximum Gasteiger partial charge on any atom is 0.253 e. The van der Waals surface area contributed by atoms with Gasteiger partial charge in [0.2, 0.25) is 0 Å². The van der Waals surface area contributed by atoms with E-state index >= 15 is 0 Å². The van der Waals surface area contributed by atoms with Gasteiger partial charge in [-0.3, -0.25) is 9.59 Å². The highest BCUT2D eigenvalue weighted by Gasteiger charge is 2.40. The molecule has 2 N–H and O–H groups in total. The number of hydrogen-bond donors (Lipinski definition) is 2. The molecular weight excluding hydrogens is 422 g/mol. The summed E-state index contributed by atoms with van der Waals surface area (Å²) < 4.78 is 26.1. The molecule has 0 spiro atoms. The molecule has 0 fully saturated rings. The van der Waals surface area contributed by atoms with E-state index in [4.69, 9.17) is 0 Å².